The first-order chi connectivity index (χ1) is 7.76. The van der Waals surface area contributed by atoms with Gasteiger partial charge in [0.25, 0.3) is 0 Å². The molecule has 100 valence electrons. The highest BCUT2D eigenvalue weighted by Gasteiger charge is 2.44. The van der Waals surface area contributed by atoms with E-state index in [2.05, 4.69) is 4.52 Å². The largest absolute Gasteiger partial charge is 0.469 e. The molecule has 0 saturated carbocycles. The lowest BCUT2D eigenvalue weighted by Crippen LogP contribution is -2.59. The molecule has 0 spiro atoms. The minimum atomic E-state index is -4.75. The fourth-order valence-electron chi connectivity index (χ4n) is 1.40. The van der Waals surface area contributed by atoms with Gasteiger partial charge in [0, 0.05) is 0 Å². The second-order valence-electron chi connectivity index (χ2n) is 3.53. The number of carbonyl (C=O) groups is 1. The zero-order chi connectivity index (χ0) is 13.2. The summed E-state index contributed by atoms with van der Waals surface area (Å²) in [7, 11) is -4.75. The van der Waals surface area contributed by atoms with Gasteiger partial charge >= 0.3 is 7.82 Å². The lowest BCUT2D eigenvalue weighted by atomic mass is 9.96. The third-order valence-electron chi connectivity index (χ3n) is 2.29. The van der Waals surface area contributed by atoms with Crippen LogP contribution in [0.1, 0.15) is 0 Å². The Labute approximate surface area is 95.8 Å². The standard InChI is InChI=1S/C7H13O9P/c8-1-3-5(9)7(11)6(10)4(16-3)2-15-17(12,13)14/h1,3-7,9-11H,2H2,(H2,12,13,14)/t3-,4?,5?,6-,7-/m1/s1. The molecule has 1 saturated heterocycles. The number of phosphoric acid groups is 1. The lowest BCUT2D eigenvalue weighted by molar-refractivity contribution is -0.220. The van der Waals surface area contributed by atoms with Gasteiger partial charge in [-0.05, 0) is 0 Å². The van der Waals surface area contributed by atoms with Crippen LogP contribution in [-0.4, -0.2) is 68.5 Å². The van der Waals surface area contributed by atoms with E-state index in [4.69, 9.17) is 14.5 Å². The summed E-state index contributed by atoms with van der Waals surface area (Å²) in [6.45, 7) is -0.723. The molecule has 1 rings (SSSR count). The summed E-state index contributed by atoms with van der Waals surface area (Å²) < 4.78 is 19.3. The Morgan fingerprint density at radius 2 is 1.76 bits per heavy atom. The highest BCUT2D eigenvalue weighted by atomic mass is 31.2. The molecule has 1 aliphatic rings. The third kappa shape index (κ3) is 3.80. The van der Waals surface area contributed by atoms with Crippen molar-refractivity contribution >= 4 is 14.1 Å². The Kier molecular flexibility index (Phi) is 4.76. The van der Waals surface area contributed by atoms with E-state index in [0.717, 1.165) is 0 Å². The normalized spacial score (nSPS) is 39.0. The van der Waals surface area contributed by atoms with E-state index in [1.807, 2.05) is 0 Å². The summed E-state index contributed by atoms with van der Waals surface area (Å²) in [5.41, 5.74) is 0. The lowest BCUT2D eigenvalue weighted by Gasteiger charge is -2.38. The Morgan fingerprint density at radius 1 is 1.18 bits per heavy atom. The molecule has 0 aromatic carbocycles. The van der Waals surface area contributed by atoms with Crippen molar-refractivity contribution in [1.82, 2.24) is 0 Å². The molecule has 1 aliphatic heterocycles. The van der Waals surface area contributed by atoms with E-state index in [1.165, 1.54) is 0 Å². The van der Waals surface area contributed by atoms with Gasteiger partial charge in [-0.3, -0.25) is 4.52 Å². The van der Waals surface area contributed by atoms with Crippen LogP contribution in [0.4, 0.5) is 0 Å². The quantitative estimate of drug-likeness (QED) is 0.268. The van der Waals surface area contributed by atoms with Crippen molar-refractivity contribution in [1.29, 1.82) is 0 Å². The zero-order valence-electron chi connectivity index (χ0n) is 8.49. The molecule has 0 amide bonds. The van der Waals surface area contributed by atoms with Gasteiger partial charge in [-0.1, -0.05) is 0 Å². The number of carbonyl (C=O) groups excluding carboxylic acids is 1. The number of ether oxygens (including phenoxy) is 1. The van der Waals surface area contributed by atoms with Gasteiger partial charge in [-0.2, -0.15) is 0 Å². The van der Waals surface area contributed by atoms with Crippen molar-refractivity contribution in [3.05, 3.63) is 0 Å². The van der Waals surface area contributed by atoms with E-state index in [9.17, 15) is 24.7 Å². The monoisotopic (exact) mass is 272 g/mol. The van der Waals surface area contributed by atoms with Crippen LogP contribution in [0.3, 0.4) is 0 Å². The highest BCUT2D eigenvalue weighted by molar-refractivity contribution is 7.46. The molecular formula is C7H13O9P. The second kappa shape index (κ2) is 5.51. The van der Waals surface area contributed by atoms with Crippen LogP contribution >= 0.6 is 7.82 Å². The van der Waals surface area contributed by atoms with Gasteiger partial charge in [0.1, 0.15) is 30.5 Å². The van der Waals surface area contributed by atoms with E-state index in [0.29, 0.717) is 0 Å². The molecule has 0 aromatic rings. The van der Waals surface area contributed by atoms with Crippen LogP contribution in [-0.2, 0) is 18.6 Å². The fraction of sp³-hybridized carbons (Fsp3) is 0.857. The van der Waals surface area contributed by atoms with Crippen molar-refractivity contribution in [3.8, 4) is 0 Å². The summed E-state index contributed by atoms with van der Waals surface area (Å²) in [6, 6.07) is 0. The number of hydrogen-bond donors (Lipinski definition) is 5. The second-order valence-corrected chi connectivity index (χ2v) is 4.77. The van der Waals surface area contributed by atoms with Crippen LogP contribution < -0.4 is 0 Å². The first-order valence-corrected chi connectivity index (χ1v) is 6.14. The zero-order valence-corrected chi connectivity index (χ0v) is 9.38. The molecule has 1 heterocycles. The van der Waals surface area contributed by atoms with Crippen molar-refractivity contribution < 1.29 is 43.7 Å². The van der Waals surface area contributed by atoms with Crippen molar-refractivity contribution in [2.45, 2.75) is 30.5 Å². The number of phosphoric ester groups is 1. The Bertz CT molecular complexity index is 314. The molecule has 0 aliphatic carbocycles. The van der Waals surface area contributed by atoms with Gasteiger partial charge in [0.2, 0.25) is 0 Å². The minimum absolute atomic E-state index is 0.213. The molecule has 0 radical (unpaired) electrons. The molecule has 10 heteroatoms. The van der Waals surface area contributed by atoms with Crippen molar-refractivity contribution in [2.24, 2.45) is 0 Å². The van der Waals surface area contributed by atoms with Gasteiger partial charge in [-0.15, -0.1) is 0 Å². The molecule has 9 nitrogen and oxygen atoms in total. The van der Waals surface area contributed by atoms with Gasteiger partial charge in [0.15, 0.2) is 6.29 Å². The maximum atomic E-state index is 10.5. The number of aldehydes is 1. The molecular weight excluding hydrogens is 259 g/mol. The van der Waals surface area contributed by atoms with E-state index in [1.54, 1.807) is 0 Å². The first kappa shape index (κ1) is 14.7. The first-order valence-electron chi connectivity index (χ1n) is 4.61. The maximum absolute atomic E-state index is 10.5. The van der Waals surface area contributed by atoms with E-state index < -0.39 is 44.9 Å². The molecule has 1 fully saturated rings. The molecule has 17 heavy (non-hydrogen) atoms. The number of aliphatic hydroxyl groups is 3. The Hall–Kier alpha value is -0.380. The van der Waals surface area contributed by atoms with Gasteiger partial charge < -0.3 is 34.6 Å². The minimum Gasteiger partial charge on any atom is -0.388 e. The summed E-state index contributed by atoms with van der Waals surface area (Å²) in [6.07, 6.45) is -7.38. The molecule has 5 atom stereocenters. The molecule has 5 N–H and O–H groups in total. The number of hydrogen-bond acceptors (Lipinski definition) is 7. The van der Waals surface area contributed by atoms with Gasteiger partial charge in [-0.25, -0.2) is 4.57 Å². The Morgan fingerprint density at radius 3 is 2.24 bits per heavy atom. The van der Waals surface area contributed by atoms with Crippen LogP contribution in [0.2, 0.25) is 0 Å². The number of aliphatic hydroxyl groups excluding tert-OH is 3. The van der Waals surface area contributed by atoms with Crippen LogP contribution in [0.5, 0.6) is 0 Å². The Balaban J connectivity index is 2.66. The van der Waals surface area contributed by atoms with E-state index in [-0.39, 0.29) is 6.29 Å². The summed E-state index contributed by atoms with van der Waals surface area (Å²) in [4.78, 5) is 27.4. The van der Waals surface area contributed by atoms with Crippen molar-refractivity contribution in [2.75, 3.05) is 6.61 Å². The van der Waals surface area contributed by atoms with Crippen molar-refractivity contribution in [3.63, 3.8) is 0 Å². The topological polar surface area (TPSA) is 154 Å². The average molecular weight is 272 g/mol. The molecule has 0 aromatic heterocycles. The predicted molar refractivity (Wildman–Crippen MR) is 50.7 cm³/mol. The molecule has 0 bridgehead atoms. The third-order valence-corrected chi connectivity index (χ3v) is 2.78. The SMILES string of the molecule is O=C[C@H]1OC(COP(=O)(O)O)[C@@H](O)[C@H](O)C1O. The maximum Gasteiger partial charge on any atom is 0.469 e. The van der Waals surface area contributed by atoms with Crippen LogP contribution in [0.25, 0.3) is 0 Å². The smallest absolute Gasteiger partial charge is 0.388 e. The summed E-state index contributed by atoms with van der Waals surface area (Å²) >= 11 is 0. The number of rotatable bonds is 4. The van der Waals surface area contributed by atoms with Gasteiger partial charge in [0.05, 0.1) is 6.61 Å². The van der Waals surface area contributed by atoms with E-state index >= 15 is 0 Å². The summed E-state index contributed by atoms with van der Waals surface area (Å²) in [5, 5.41) is 28.1. The predicted octanol–water partition coefficient (Wildman–Crippen LogP) is -2.86. The fourth-order valence-corrected chi connectivity index (χ4v) is 1.74. The molecule has 2 unspecified atom stereocenters. The highest BCUT2D eigenvalue weighted by Crippen LogP contribution is 2.36. The average Bonchev–Trinajstić information content (AvgIpc) is 2.24. The van der Waals surface area contributed by atoms with Crippen LogP contribution in [0.15, 0.2) is 0 Å². The summed E-state index contributed by atoms with van der Waals surface area (Å²) in [5.74, 6) is 0. The van der Waals surface area contributed by atoms with Crippen LogP contribution in [0, 0.1) is 0 Å².